The maximum absolute atomic E-state index is 5.81. The van der Waals surface area contributed by atoms with E-state index in [1.807, 2.05) is 24.0 Å². The first-order chi connectivity index (χ1) is 10.2. The number of anilines is 1. The van der Waals surface area contributed by atoms with Crippen LogP contribution in [-0.4, -0.2) is 52.7 Å². The molecule has 2 aromatic rings. The molecular weight excluding hydrogens is 270 g/mol. The van der Waals surface area contributed by atoms with Crippen LogP contribution in [0.25, 0.3) is 0 Å². The van der Waals surface area contributed by atoms with E-state index < -0.39 is 0 Å². The number of hydrogen-bond donors (Lipinski definition) is 0. The molecule has 0 radical (unpaired) electrons. The number of hydrogen-bond acceptors (Lipinski definition) is 6. The van der Waals surface area contributed by atoms with Crippen molar-refractivity contribution in [2.75, 3.05) is 31.7 Å². The fraction of sp³-hybridized carbons (Fsp3) is 0.500. The molecule has 2 aromatic heterocycles. The van der Waals surface area contributed by atoms with Crippen LogP contribution in [0, 0.1) is 6.92 Å². The van der Waals surface area contributed by atoms with Gasteiger partial charge in [0.2, 0.25) is 11.8 Å². The molecule has 0 unspecified atom stereocenters. The molecule has 112 valence electrons. The number of rotatable bonds is 4. The first kappa shape index (κ1) is 13.8. The standard InChI is InChI=1S/C14H19N5O2/c1-11-7-16-19(8-11)10-12-9-18(5-6-21-12)14-15-4-3-13(17-14)20-2/h3-4,7-8,12H,5-6,9-10H2,1-2H3/t12-/m0/s1. The Hall–Kier alpha value is -2.15. The molecule has 1 aliphatic rings. The van der Waals surface area contributed by atoms with Gasteiger partial charge in [-0.15, -0.1) is 0 Å². The van der Waals surface area contributed by atoms with Gasteiger partial charge in [-0.3, -0.25) is 4.68 Å². The van der Waals surface area contributed by atoms with Gasteiger partial charge in [-0.2, -0.15) is 10.1 Å². The van der Waals surface area contributed by atoms with Gasteiger partial charge in [-0.05, 0) is 12.5 Å². The predicted molar refractivity (Wildman–Crippen MR) is 77.5 cm³/mol. The third kappa shape index (κ3) is 3.30. The van der Waals surface area contributed by atoms with E-state index >= 15 is 0 Å². The fourth-order valence-electron chi connectivity index (χ4n) is 2.39. The Kier molecular flexibility index (Phi) is 4.01. The van der Waals surface area contributed by atoms with E-state index in [1.165, 1.54) is 0 Å². The maximum atomic E-state index is 5.81. The highest BCUT2D eigenvalue weighted by atomic mass is 16.5. The Morgan fingerprint density at radius 2 is 2.38 bits per heavy atom. The van der Waals surface area contributed by atoms with Gasteiger partial charge in [0.05, 0.1) is 32.6 Å². The maximum Gasteiger partial charge on any atom is 0.228 e. The molecule has 1 atom stereocenters. The van der Waals surface area contributed by atoms with Gasteiger partial charge in [0.1, 0.15) is 0 Å². The van der Waals surface area contributed by atoms with Crippen LogP contribution in [0.1, 0.15) is 5.56 Å². The lowest BCUT2D eigenvalue weighted by Gasteiger charge is -2.32. The summed E-state index contributed by atoms with van der Waals surface area (Å²) in [5.41, 5.74) is 1.15. The second kappa shape index (κ2) is 6.09. The van der Waals surface area contributed by atoms with E-state index in [4.69, 9.17) is 9.47 Å². The monoisotopic (exact) mass is 289 g/mol. The van der Waals surface area contributed by atoms with Gasteiger partial charge in [0, 0.05) is 31.5 Å². The number of morpholine rings is 1. The van der Waals surface area contributed by atoms with Gasteiger partial charge in [0.15, 0.2) is 0 Å². The molecule has 1 saturated heterocycles. The van der Waals surface area contributed by atoms with Crippen molar-refractivity contribution in [2.45, 2.75) is 19.6 Å². The number of ether oxygens (including phenoxy) is 2. The second-order valence-corrected chi connectivity index (χ2v) is 5.08. The lowest BCUT2D eigenvalue weighted by atomic mass is 10.3. The van der Waals surface area contributed by atoms with Crippen LogP contribution in [0.3, 0.4) is 0 Å². The Morgan fingerprint density at radius 1 is 1.48 bits per heavy atom. The molecule has 0 aliphatic carbocycles. The molecule has 21 heavy (non-hydrogen) atoms. The number of aromatic nitrogens is 4. The van der Waals surface area contributed by atoms with E-state index in [-0.39, 0.29) is 6.10 Å². The zero-order chi connectivity index (χ0) is 14.7. The largest absolute Gasteiger partial charge is 0.481 e. The summed E-state index contributed by atoms with van der Waals surface area (Å²) in [5.74, 6) is 1.25. The molecular formula is C14H19N5O2. The summed E-state index contributed by atoms with van der Waals surface area (Å²) in [6.07, 6.45) is 5.66. The summed E-state index contributed by atoms with van der Waals surface area (Å²) >= 11 is 0. The highest BCUT2D eigenvalue weighted by molar-refractivity contribution is 5.32. The molecule has 3 rings (SSSR count). The lowest BCUT2D eigenvalue weighted by Crippen LogP contribution is -2.45. The second-order valence-electron chi connectivity index (χ2n) is 5.08. The Labute approximate surface area is 123 Å². The average Bonchev–Trinajstić information content (AvgIpc) is 2.93. The van der Waals surface area contributed by atoms with Crippen LogP contribution in [0.5, 0.6) is 5.88 Å². The molecule has 7 nitrogen and oxygen atoms in total. The third-order valence-electron chi connectivity index (χ3n) is 3.40. The summed E-state index contributed by atoms with van der Waals surface area (Å²) in [4.78, 5) is 10.8. The van der Waals surface area contributed by atoms with Crippen molar-refractivity contribution in [1.29, 1.82) is 0 Å². The van der Waals surface area contributed by atoms with Crippen molar-refractivity contribution in [3.05, 3.63) is 30.2 Å². The van der Waals surface area contributed by atoms with Crippen molar-refractivity contribution in [3.8, 4) is 5.88 Å². The van der Waals surface area contributed by atoms with E-state index in [0.29, 0.717) is 18.4 Å². The zero-order valence-corrected chi connectivity index (χ0v) is 12.3. The van der Waals surface area contributed by atoms with E-state index in [2.05, 4.69) is 20.0 Å². The lowest BCUT2D eigenvalue weighted by molar-refractivity contribution is 0.0268. The zero-order valence-electron chi connectivity index (χ0n) is 12.3. The van der Waals surface area contributed by atoms with Crippen molar-refractivity contribution in [2.24, 2.45) is 0 Å². The Bertz CT molecular complexity index is 601. The molecule has 0 bridgehead atoms. The molecule has 1 fully saturated rings. The van der Waals surface area contributed by atoms with Gasteiger partial charge in [-0.1, -0.05) is 0 Å². The summed E-state index contributed by atoms with van der Waals surface area (Å²) < 4.78 is 12.9. The first-order valence-corrected chi connectivity index (χ1v) is 6.97. The van der Waals surface area contributed by atoms with Crippen molar-refractivity contribution >= 4 is 5.95 Å². The van der Waals surface area contributed by atoms with Crippen LogP contribution in [0.4, 0.5) is 5.95 Å². The molecule has 0 aromatic carbocycles. The number of methoxy groups -OCH3 is 1. The molecule has 3 heterocycles. The predicted octanol–water partition coefficient (Wildman–Crippen LogP) is 0.896. The summed E-state index contributed by atoms with van der Waals surface area (Å²) in [7, 11) is 1.61. The minimum absolute atomic E-state index is 0.0767. The number of nitrogens with zero attached hydrogens (tertiary/aromatic N) is 5. The van der Waals surface area contributed by atoms with Gasteiger partial charge >= 0.3 is 0 Å². The third-order valence-corrected chi connectivity index (χ3v) is 3.40. The molecule has 7 heteroatoms. The minimum Gasteiger partial charge on any atom is -0.481 e. The van der Waals surface area contributed by atoms with Crippen molar-refractivity contribution in [3.63, 3.8) is 0 Å². The fourth-order valence-corrected chi connectivity index (χ4v) is 2.39. The van der Waals surface area contributed by atoms with Crippen LogP contribution in [0.15, 0.2) is 24.7 Å². The Morgan fingerprint density at radius 3 is 3.14 bits per heavy atom. The van der Waals surface area contributed by atoms with Gasteiger partial charge < -0.3 is 14.4 Å². The van der Waals surface area contributed by atoms with E-state index in [9.17, 15) is 0 Å². The van der Waals surface area contributed by atoms with Gasteiger partial charge in [-0.25, -0.2) is 4.98 Å². The summed E-state index contributed by atoms with van der Waals surface area (Å²) in [6, 6.07) is 1.74. The summed E-state index contributed by atoms with van der Waals surface area (Å²) in [6.45, 7) is 4.94. The average molecular weight is 289 g/mol. The van der Waals surface area contributed by atoms with Crippen LogP contribution >= 0.6 is 0 Å². The summed E-state index contributed by atoms with van der Waals surface area (Å²) in [5, 5.41) is 4.30. The topological polar surface area (TPSA) is 65.3 Å². The molecule has 0 amide bonds. The Balaban J connectivity index is 1.67. The van der Waals surface area contributed by atoms with Crippen LogP contribution < -0.4 is 9.64 Å². The van der Waals surface area contributed by atoms with E-state index in [1.54, 1.807) is 19.4 Å². The molecule has 1 aliphatic heterocycles. The van der Waals surface area contributed by atoms with Crippen molar-refractivity contribution in [1.82, 2.24) is 19.7 Å². The highest BCUT2D eigenvalue weighted by Crippen LogP contribution is 2.16. The van der Waals surface area contributed by atoms with E-state index in [0.717, 1.165) is 25.2 Å². The van der Waals surface area contributed by atoms with Crippen molar-refractivity contribution < 1.29 is 9.47 Å². The highest BCUT2D eigenvalue weighted by Gasteiger charge is 2.23. The molecule has 0 saturated carbocycles. The SMILES string of the molecule is COc1ccnc(N2CCO[C@H](Cn3cc(C)cn3)C2)n1. The first-order valence-electron chi connectivity index (χ1n) is 6.97. The normalized spacial score (nSPS) is 18.8. The smallest absolute Gasteiger partial charge is 0.228 e. The van der Waals surface area contributed by atoms with Crippen LogP contribution in [0.2, 0.25) is 0 Å². The van der Waals surface area contributed by atoms with Gasteiger partial charge in [0.25, 0.3) is 0 Å². The molecule has 0 spiro atoms. The minimum atomic E-state index is 0.0767. The van der Waals surface area contributed by atoms with Crippen LogP contribution in [-0.2, 0) is 11.3 Å². The number of aryl methyl sites for hydroxylation is 1. The quantitative estimate of drug-likeness (QED) is 0.833. The molecule has 0 N–H and O–H groups in total.